The molecular formula is C12H13ClN2O. The molecule has 0 atom stereocenters. The van der Waals surface area contributed by atoms with Gasteiger partial charge < -0.3 is 5.32 Å². The highest BCUT2D eigenvalue weighted by atomic mass is 35.5. The van der Waals surface area contributed by atoms with E-state index in [0.717, 1.165) is 5.56 Å². The zero-order valence-electron chi connectivity index (χ0n) is 9.25. The van der Waals surface area contributed by atoms with Crippen LogP contribution in [0, 0.1) is 11.3 Å². The van der Waals surface area contributed by atoms with Crippen LogP contribution in [0.1, 0.15) is 30.9 Å². The van der Waals surface area contributed by atoms with Gasteiger partial charge in [0.05, 0.1) is 11.6 Å². The zero-order chi connectivity index (χ0) is 12.1. The van der Waals surface area contributed by atoms with Crippen molar-refractivity contribution in [2.75, 3.05) is 11.2 Å². The number of hydrogen-bond acceptors (Lipinski definition) is 2. The van der Waals surface area contributed by atoms with Crippen LogP contribution < -0.4 is 5.32 Å². The van der Waals surface area contributed by atoms with Crippen molar-refractivity contribution in [2.45, 2.75) is 19.8 Å². The Bertz CT molecular complexity index is 435. The van der Waals surface area contributed by atoms with Crippen LogP contribution in [-0.4, -0.2) is 11.8 Å². The smallest absolute Gasteiger partial charge is 0.239 e. The van der Waals surface area contributed by atoms with Crippen molar-refractivity contribution in [2.24, 2.45) is 0 Å². The van der Waals surface area contributed by atoms with Crippen molar-refractivity contribution in [3.63, 3.8) is 0 Å². The van der Waals surface area contributed by atoms with Crippen molar-refractivity contribution in [1.82, 2.24) is 0 Å². The van der Waals surface area contributed by atoms with Gasteiger partial charge in [-0.2, -0.15) is 5.26 Å². The molecule has 0 spiro atoms. The molecule has 1 aromatic carbocycles. The van der Waals surface area contributed by atoms with E-state index in [-0.39, 0.29) is 17.7 Å². The quantitative estimate of drug-likeness (QED) is 0.821. The van der Waals surface area contributed by atoms with Gasteiger partial charge in [0.2, 0.25) is 5.91 Å². The van der Waals surface area contributed by atoms with Gasteiger partial charge in [-0.1, -0.05) is 19.9 Å². The molecule has 0 aromatic heterocycles. The lowest BCUT2D eigenvalue weighted by Gasteiger charge is -2.13. The van der Waals surface area contributed by atoms with Crippen LogP contribution in [0.25, 0.3) is 0 Å². The number of carbonyl (C=O) groups is 1. The monoisotopic (exact) mass is 236 g/mol. The number of anilines is 1. The molecule has 0 bridgehead atoms. The lowest BCUT2D eigenvalue weighted by atomic mass is 9.99. The van der Waals surface area contributed by atoms with Gasteiger partial charge in [0.25, 0.3) is 0 Å². The molecule has 1 rings (SSSR count). The minimum Gasteiger partial charge on any atom is -0.325 e. The van der Waals surface area contributed by atoms with Gasteiger partial charge >= 0.3 is 0 Å². The molecule has 0 radical (unpaired) electrons. The highest BCUT2D eigenvalue weighted by molar-refractivity contribution is 6.29. The number of nitrogens with zero attached hydrogens (tertiary/aromatic N) is 1. The minimum atomic E-state index is -0.265. The van der Waals surface area contributed by atoms with Crippen LogP contribution in [0.15, 0.2) is 18.2 Å². The minimum absolute atomic E-state index is 0.0890. The predicted molar refractivity (Wildman–Crippen MR) is 64.6 cm³/mol. The Morgan fingerprint density at radius 3 is 2.75 bits per heavy atom. The molecule has 0 unspecified atom stereocenters. The second-order valence-corrected chi connectivity index (χ2v) is 4.02. The topological polar surface area (TPSA) is 52.9 Å². The fourth-order valence-corrected chi connectivity index (χ4v) is 1.49. The summed E-state index contributed by atoms with van der Waals surface area (Å²) in [5, 5.41) is 11.5. The Labute approximate surface area is 100 Å². The summed E-state index contributed by atoms with van der Waals surface area (Å²) in [6.45, 7) is 4.05. The van der Waals surface area contributed by atoms with Crippen molar-refractivity contribution >= 4 is 23.2 Å². The largest absolute Gasteiger partial charge is 0.325 e. The first-order chi connectivity index (χ1) is 7.58. The molecule has 0 heterocycles. The fourth-order valence-electron chi connectivity index (χ4n) is 1.42. The van der Waals surface area contributed by atoms with E-state index in [1.54, 1.807) is 12.1 Å². The van der Waals surface area contributed by atoms with E-state index >= 15 is 0 Å². The molecular weight excluding hydrogens is 224 g/mol. The van der Waals surface area contributed by atoms with Crippen LogP contribution in [0.2, 0.25) is 0 Å². The van der Waals surface area contributed by atoms with Crippen LogP contribution in [0.3, 0.4) is 0 Å². The molecule has 0 saturated carbocycles. The van der Waals surface area contributed by atoms with E-state index in [2.05, 4.69) is 5.32 Å². The molecule has 4 heteroatoms. The summed E-state index contributed by atoms with van der Waals surface area (Å²) < 4.78 is 0. The maximum absolute atomic E-state index is 11.2. The molecule has 84 valence electrons. The van der Waals surface area contributed by atoms with E-state index in [0.29, 0.717) is 11.3 Å². The third-order valence-corrected chi connectivity index (χ3v) is 2.44. The third kappa shape index (κ3) is 2.98. The Morgan fingerprint density at radius 1 is 1.56 bits per heavy atom. The van der Waals surface area contributed by atoms with E-state index in [1.807, 2.05) is 26.0 Å². The lowest BCUT2D eigenvalue weighted by molar-refractivity contribution is -0.113. The van der Waals surface area contributed by atoms with Crippen molar-refractivity contribution in [1.29, 1.82) is 5.26 Å². The van der Waals surface area contributed by atoms with Crippen molar-refractivity contribution < 1.29 is 4.79 Å². The van der Waals surface area contributed by atoms with Crippen LogP contribution in [-0.2, 0) is 4.79 Å². The number of halogens is 1. The number of nitriles is 1. The first-order valence-electron chi connectivity index (χ1n) is 4.98. The maximum Gasteiger partial charge on any atom is 0.239 e. The van der Waals surface area contributed by atoms with Gasteiger partial charge in [0.1, 0.15) is 5.88 Å². The number of nitrogens with one attached hydrogen (secondary N) is 1. The summed E-state index contributed by atoms with van der Waals surface area (Å²) >= 11 is 5.43. The van der Waals surface area contributed by atoms with E-state index < -0.39 is 0 Å². The Kier molecular flexibility index (Phi) is 4.33. The molecule has 0 aliphatic rings. The normalized spacial score (nSPS) is 9.94. The van der Waals surface area contributed by atoms with Gasteiger partial charge in [0, 0.05) is 5.69 Å². The standard InChI is InChI=1S/C12H13ClN2O/c1-8(2)10-4-3-9(7-14)5-11(10)15-12(16)6-13/h3-5,8H,6H2,1-2H3,(H,15,16). The number of alkyl halides is 1. The highest BCUT2D eigenvalue weighted by Gasteiger charge is 2.09. The molecule has 16 heavy (non-hydrogen) atoms. The van der Waals surface area contributed by atoms with Gasteiger partial charge in [-0.15, -0.1) is 11.6 Å². The Balaban J connectivity index is 3.11. The number of carbonyl (C=O) groups excluding carboxylic acids is 1. The predicted octanol–water partition coefficient (Wildman–Crippen LogP) is 2.86. The van der Waals surface area contributed by atoms with Crippen molar-refractivity contribution in [3.8, 4) is 6.07 Å². The average Bonchev–Trinajstić information content (AvgIpc) is 2.28. The van der Waals surface area contributed by atoms with Gasteiger partial charge in [-0.25, -0.2) is 0 Å². The summed E-state index contributed by atoms with van der Waals surface area (Å²) in [7, 11) is 0. The van der Waals surface area contributed by atoms with Crippen molar-refractivity contribution in [3.05, 3.63) is 29.3 Å². The number of rotatable bonds is 3. The first kappa shape index (κ1) is 12.5. The maximum atomic E-state index is 11.2. The van der Waals surface area contributed by atoms with Crippen LogP contribution >= 0.6 is 11.6 Å². The SMILES string of the molecule is CC(C)c1ccc(C#N)cc1NC(=O)CCl. The van der Waals surface area contributed by atoms with Gasteiger partial charge in [-0.05, 0) is 23.6 Å². The summed E-state index contributed by atoms with van der Waals surface area (Å²) in [4.78, 5) is 11.2. The number of amides is 1. The van der Waals surface area contributed by atoms with Crippen LogP contribution in [0.5, 0.6) is 0 Å². The van der Waals surface area contributed by atoms with Gasteiger partial charge in [-0.3, -0.25) is 4.79 Å². The molecule has 0 aliphatic carbocycles. The zero-order valence-corrected chi connectivity index (χ0v) is 10.0. The average molecular weight is 237 g/mol. The fraction of sp³-hybridized carbons (Fsp3) is 0.333. The Hall–Kier alpha value is -1.53. The van der Waals surface area contributed by atoms with E-state index in [1.165, 1.54) is 0 Å². The second kappa shape index (κ2) is 5.53. The summed E-state index contributed by atoms with van der Waals surface area (Å²) in [5.74, 6) is -0.0778. The van der Waals surface area contributed by atoms with Crippen LogP contribution in [0.4, 0.5) is 5.69 Å². The number of benzene rings is 1. The molecule has 3 nitrogen and oxygen atoms in total. The van der Waals surface area contributed by atoms with E-state index in [9.17, 15) is 4.79 Å². The summed E-state index contributed by atoms with van der Waals surface area (Å²) in [6, 6.07) is 7.30. The molecule has 1 aromatic rings. The lowest BCUT2D eigenvalue weighted by Crippen LogP contribution is -2.14. The summed E-state index contributed by atoms with van der Waals surface area (Å²) in [6.07, 6.45) is 0. The summed E-state index contributed by atoms with van der Waals surface area (Å²) in [5.41, 5.74) is 2.19. The molecule has 0 aliphatic heterocycles. The second-order valence-electron chi connectivity index (χ2n) is 3.75. The number of hydrogen-bond donors (Lipinski definition) is 1. The van der Waals surface area contributed by atoms with E-state index in [4.69, 9.17) is 16.9 Å². The molecule has 0 fully saturated rings. The Morgan fingerprint density at radius 2 is 2.25 bits per heavy atom. The van der Waals surface area contributed by atoms with Gasteiger partial charge in [0.15, 0.2) is 0 Å². The molecule has 1 amide bonds. The third-order valence-electron chi connectivity index (χ3n) is 2.20. The highest BCUT2D eigenvalue weighted by Crippen LogP contribution is 2.25. The first-order valence-corrected chi connectivity index (χ1v) is 5.51. The molecule has 1 N–H and O–H groups in total. The molecule has 0 saturated heterocycles.